The number of amides is 1. The Morgan fingerprint density at radius 2 is 1.94 bits per heavy atom. The summed E-state index contributed by atoms with van der Waals surface area (Å²) in [6.45, 7) is 14.9. The molecule has 7 heteroatoms. The highest BCUT2D eigenvalue weighted by Crippen LogP contribution is 2.41. The smallest absolute Gasteiger partial charge is 0.308 e. The molecule has 1 aliphatic rings. The van der Waals surface area contributed by atoms with Crippen molar-refractivity contribution in [3.63, 3.8) is 0 Å². The Labute approximate surface area is 193 Å². The average Bonchev–Trinajstić information content (AvgIpc) is 2.70. The molecule has 2 rings (SSSR count). The first-order valence-electron chi connectivity index (χ1n) is 10.6. The van der Waals surface area contributed by atoms with Crippen molar-refractivity contribution < 1.29 is 13.6 Å². The third-order valence-electron chi connectivity index (χ3n) is 4.01. The summed E-state index contributed by atoms with van der Waals surface area (Å²) in [4.78, 5) is 8.27. The van der Waals surface area contributed by atoms with Gasteiger partial charge in [0.25, 0.3) is 0 Å². The van der Waals surface area contributed by atoms with Crippen LogP contribution in [0.25, 0.3) is 0 Å². The maximum atomic E-state index is 12.6. The average molecular weight is 471 g/mol. The molecule has 1 heterocycles. The van der Waals surface area contributed by atoms with Gasteiger partial charge in [-0.2, -0.15) is 8.78 Å². The van der Waals surface area contributed by atoms with Crippen LogP contribution in [0.1, 0.15) is 60.3 Å². The van der Waals surface area contributed by atoms with E-state index in [9.17, 15) is 13.6 Å². The van der Waals surface area contributed by atoms with E-state index in [1.807, 2.05) is 13.8 Å². The largest absolute Gasteiger partial charge is 0.388 e. The molecule has 2 N–H and O–H groups in total. The number of hydrogen-bond acceptors (Lipinski definition) is 3. The molecule has 0 radical (unpaired) electrons. The van der Waals surface area contributed by atoms with Gasteiger partial charge in [0.2, 0.25) is 5.91 Å². The number of anilines is 1. The monoisotopic (exact) mass is 470 g/mol. The van der Waals surface area contributed by atoms with Gasteiger partial charge < -0.3 is 10.6 Å². The standard InChI is InChI=1S/C13H21N.C9H10F2NOPS.C2H6/c1-4-6-11(2)8-9-13-7-5-10-14-12(13)3;1-6(13)12-7-2-4-8(5-3-7)15-9(10,11)14;1-2/h8-9,14H,2,4-7,10H2,1,3H3;2-5H,14H2,1H3,(H,12,13);1-2H3/b9-8-;;. The lowest BCUT2D eigenvalue weighted by atomic mass is 10.0. The van der Waals surface area contributed by atoms with Crippen LogP contribution < -0.4 is 10.6 Å². The number of benzene rings is 1. The molecular formula is C24H37F2N2OPS. The molecule has 1 atom stereocenters. The second-order valence-electron chi connectivity index (χ2n) is 6.79. The number of alkyl halides is 2. The fraction of sp³-hybridized carbons (Fsp3) is 0.458. The third kappa shape index (κ3) is 14.9. The van der Waals surface area contributed by atoms with Crippen molar-refractivity contribution in [2.45, 2.75) is 70.2 Å². The molecular weight excluding hydrogens is 433 g/mol. The van der Waals surface area contributed by atoms with Gasteiger partial charge in [0.1, 0.15) is 0 Å². The lowest BCUT2D eigenvalue weighted by molar-refractivity contribution is -0.114. The molecule has 0 spiro atoms. The third-order valence-corrected chi connectivity index (χ3v) is 5.15. The van der Waals surface area contributed by atoms with Crippen LogP contribution in [0.3, 0.4) is 0 Å². The Kier molecular flexibility index (Phi) is 15.2. The summed E-state index contributed by atoms with van der Waals surface area (Å²) in [5.41, 5.74) is 4.60. The second-order valence-corrected chi connectivity index (χ2v) is 9.15. The van der Waals surface area contributed by atoms with Crippen molar-refractivity contribution >= 4 is 32.6 Å². The van der Waals surface area contributed by atoms with Gasteiger partial charge in [-0.15, -0.1) is 0 Å². The number of thioether (sulfide) groups is 1. The van der Waals surface area contributed by atoms with E-state index in [1.165, 1.54) is 64.4 Å². The second kappa shape index (κ2) is 16.0. The van der Waals surface area contributed by atoms with E-state index < -0.39 is 5.00 Å². The first kappa shape index (κ1) is 29.4. The molecule has 174 valence electrons. The number of allylic oxidation sites excluding steroid dienone is 5. The Hall–Kier alpha value is -1.65. The molecule has 1 aromatic rings. The van der Waals surface area contributed by atoms with E-state index in [-0.39, 0.29) is 5.91 Å². The molecule has 31 heavy (non-hydrogen) atoms. The minimum atomic E-state index is -2.87. The van der Waals surface area contributed by atoms with Crippen molar-refractivity contribution in [2.75, 3.05) is 11.9 Å². The molecule has 0 bridgehead atoms. The summed E-state index contributed by atoms with van der Waals surface area (Å²) >= 11 is 0.445. The maximum Gasteiger partial charge on any atom is 0.308 e. The summed E-state index contributed by atoms with van der Waals surface area (Å²) in [6, 6.07) is 6.24. The van der Waals surface area contributed by atoms with Crippen molar-refractivity contribution in [1.29, 1.82) is 0 Å². The molecule has 1 unspecified atom stereocenters. The normalized spacial score (nSPS) is 13.4. The first-order valence-corrected chi connectivity index (χ1v) is 12.0. The van der Waals surface area contributed by atoms with Crippen molar-refractivity contribution in [3.05, 3.63) is 59.8 Å². The number of hydrogen-bond donors (Lipinski definition) is 2. The van der Waals surface area contributed by atoms with Crippen molar-refractivity contribution in [3.8, 4) is 0 Å². The van der Waals surface area contributed by atoms with Gasteiger partial charge in [0, 0.05) is 29.7 Å². The van der Waals surface area contributed by atoms with Crippen LogP contribution in [0.5, 0.6) is 0 Å². The predicted octanol–water partition coefficient (Wildman–Crippen LogP) is 7.75. The zero-order chi connectivity index (χ0) is 23.9. The summed E-state index contributed by atoms with van der Waals surface area (Å²) in [5, 5.41) is 5.94. The van der Waals surface area contributed by atoms with E-state index in [4.69, 9.17) is 0 Å². The summed E-state index contributed by atoms with van der Waals surface area (Å²) in [6.07, 6.45) is 9.12. The number of halogens is 2. The van der Waals surface area contributed by atoms with Gasteiger partial charge in [0.15, 0.2) is 0 Å². The highest BCUT2D eigenvalue weighted by molar-refractivity contribution is 8.03. The molecule has 3 nitrogen and oxygen atoms in total. The maximum absolute atomic E-state index is 12.6. The minimum Gasteiger partial charge on any atom is -0.388 e. The first-order chi connectivity index (χ1) is 14.6. The van der Waals surface area contributed by atoms with Gasteiger partial charge in [-0.05, 0) is 77.0 Å². The molecule has 1 aliphatic heterocycles. The Bertz CT molecular complexity index is 741. The van der Waals surface area contributed by atoms with Crippen LogP contribution in [-0.2, 0) is 4.79 Å². The summed E-state index contributed by atoms with van der Waals surface area (Å²) in [5.74, 6) is -0.188. The topological polar surface area (TPSA) is 41.1 Å². The van der Waals surface area contributed by atoms with Gasteiger partial charge in [-0.25, -0.2) is 0 Å². The van der Waals surface area contributed by atoms with Crippen LogP contribution in [0, 0.1) is 0 Å². The summed E-state index contributed by atoms with van der Waals surface area (Å²) in [7, 11) is 1.46. The highest BCUT2D eigenvalue weighted by Gasteiger charge is 2.22. The SMILES string of the molecule is C=C(/C=C\C1=C(C)NCCC1)CCC.CC.CC(=O)Nc1ccc(SC(F)(F)P)cc1. The summed E-state index contributed by atoms with van der Waals surface area (Å²) < 4.78 is 25.1. The quantitative estimate of drug-likeness (QED) is 0.243. The minimum absolute atomic E-state index is 0.188. The van der Waals surface area contributed by atoms with E-state index >= 15 is 0 Å². The molecule has 0 aromatic heterocycles. The number of nitrogens with one attached hydrogen (secondary N) is 2. The van der Waals surface area contributed by atoms with Crippen LogP contribution in [0.2, 0.25) is 0 Å². The number of carbonyl (C=O) groups is 1. The number of rotatable bonds is 7. The highest BCUT2D eigenvalue weighted by atomic mass is 32.2. The zero-order valence-electron chi connectivity index (χ0n) is 19.4. The van der Waals surface area contributed by atoms with Crippen LogP contribution >= 0.6 is 21.0 Å². The lowest BCUT2D eigenvalue weighted by Gasteiger charge is -2.17. The Morgan fingerprint density at radius 3 is 2.42 bits per heavy atom. The zero-order valence-corrected chi connectivity index (χ0v) is 21.3. The van der Waals surface area contributed by atoms with Crippen LogP contribution in [0.15, 0.2) is 64.7 Å². The fourth-order valence-electron chi connectivity index (χ4n) is 2.65. The Morgan fingerprint density at radius 1 is 1.32 bits per heavy atom. The lowest BCUT2D eigenvalue weighted by Crippen LogP contribution is -2.19. The van der Waals surface area contributed by atoms with E-state index in [0.29, 0.717) is 22.3 Å². The van der Waals surface area contributed by atoms with Gasteiger partial charge in [-0.1, -0.05) is 51.5 Å². The molecule has 1 aromatic carbocycles. The Balaban J connectivity index is 0.000000539. The van der Waals surface area contributed by atoms with E-state index in [0.717, 1.165) is 13.0 Å². The number of carbonyl (C=O) groups excluding carboxylic acids is 1. The van der Waals surface area contributed by atoms with E-state index in [1.54, 1.807) is 12.1 Å². The van der Waals surface area contributed by atoms with Gasteiger partial charge >= 0.3 is 5.00 Å². The van der Waals surface area contributed by atoms with Gasteiger partial charge in [-0.3, -0.25) is 4.79 Å². The fourth-order valence-corrected chi connectivity index (χ4v) is 3.65. The van der Waals surface area contributed by atoms with Crippen LogP contribution in [-0.4, -0.2) is 17.4 Å². The molecule has 0 saturated heterocycles. The van der Waals surface area contributed by atoms with Crippen LogP contribution in [0.4, 0.5) is 14.5 Å². The van der Waals surface area contributed by atoms with Crippen molar-refractivity contribution in [2.24, 2.45) is 0 Å². The molecule has 0 fully saturated rings. The van der Waals surface area contributed by atoms with E-state index in [2.05, 4.69) is 43.2 Å². The molecule has 0 saturated carbocycles. The molecule has 1 amide bonds. The molecule has 0 aliphatic carbocycles. The van der Waals surface area contributed by atoms with Gasteiger partial charge in [0.05, 0.1) is 0 Å². The predicted molar refractivity (Wildman–Crippen MR) is 136 cm³/mol. The van der Waals surface area contributed by atoms with Crippen molar-refractivity contribution in [1.82, 2.24) is 5.32 Å².